The van der Waals surface area contributed by atoms with Crippen LogP contribution in [0.1, 0.15) is 38.3 Å². The fraction of sp³-hybridized carbons (Fsp3) is 0.500. The van der Waals surface area contributed by atoms with Gasteiger partial charge in [-0.3, -0.25) is 9.59 Å². The molecule has 2 N–H and O–H groups in total. The van der Waals surface area contributed by atoms with Crippen LogP contribution >= 0.6 is 0 Å². The van der Waals surface area contributed by atoms with Crippen molar-refractivity contribution in [2.45, 2.75) is 38.4 Å². The lowest BCUT2D eigenvalue weighted by Crippen LogP contribution is -2.40. The highest BCUT2D eigenvalue weighted by molar-refractivity contribution is 5.83. The van der Waals surface area contributed by atoms with Gasteiger partial charge in [-0.05, 0) is 13.0 Å². The van der Waals surface area contributed by atoms with Crippen molar-refractivity contribution >= 4 is 17.8 Å². The fourth-order valence-corrected chi connectivity index (χ4v) is 3.00. The molecule has 8 heteroatoms. The molecule has 1 aromatic rings. The zero-order chi connectivity index (χ0) is 19.3. The summed E-state index contributed by atoms with van der Waals surface area (Å²) >= 11 is 0. The van der Waals surface area contributed by atoms with Gasteiger partial charge in [-0.25, -0.2) is 9.18 Å². The maximum Gasteiger partial charge on any atom is 0.343 e. The number of aliphatic carboxylic acids is 1. The van der Waals surface area contributed by atoms with Crippen molar-refractivity contribution in [3.05, 3.63) is 29.8 Å². The smallest absolute Gasteiger partial charge is 0.343 e. The summed E-state index contributed by atoms with van der Waals surface area (Å²) in [6.45, 7) is 3.13. The molecule has 2 atom stereocenters. The standard InChI is InChI=1S/C18H23FN2O5/c1-3-26-15-7-5-4-6-13(15)14(20-12(2)22)10-16(23)21-9-8-18(19,11-21)17(24)25/h4-7,14H,3,8-11H2,1-2H3,(H,20,22)(H,24,25). The van der Waals surface area contributed by atoms with E-state index >= 15 is 0 Å². The van der Waals surface area contributed by atoms with Crippen molar-refractivity contribution in [2.24, 2.45) is 0 Å². The highest BCUT2D eigenvalue weighted by atomic mass is 19.1. The van der Waals surface area contributed by atoms with E-state index in [1.165, 1.54) is 11.8 Å². The summed E-state index contributed by atoms with van der Waals surface area (Å²) in [6, 6.07) is 6.39. The molecule has 0 saturated carbocycles. The number of carbonyl (C=O) groups is 3. The number of alkyl halides is 1. The third kappa shape index (κ3) is 4.50. The topological polar surface area (TPSA) is 95.9 Å². The van der Waals surface area contributed by atoms with Crippen LogP contribution in [0.3, 0.4) is 0 Å². The largest absolute Gasteiger partial charge is 0.494 e. The van der Waals surface area contributed by atoms with Crippen LogP contribution in [0.25, 0.3) is 0 Å². The molecule has 142 valence electrons. The average Bonchev–Trinajstić information content (AvgIpc) is 2.99. The van der Waals surface area contributed by atoms with E-state index in [4.69, 9.17) is 9.84 Å². The molecule has 0 spiro atoms. The van der Waals surface area contributed by atoms with E-state index in [1.54, 1.807) is 24.3 Å². The monoisotopic (exact) mass is 366 g/mol. The van der Waals surface area contributed by atoms with Crippen LogP contribution in [0, 0.1) is 0 Å². The number of hydrogen-bond acceptors (Lipinski definition) is 4. The number of likely N-dealkylation sites (tertiary alicyclic amines) is 1. The van der Waals surface area contributed by atoms with Crippen LogP contribution in [-0.4, -0.2) is 53.2 Å². The Bertz CT molecular complexity index is 696. The van der Waals surface area contributed by atoms with Crippen molar-refractivity contribution in [1.82, 2.24) is 10.2 Å². The highest BCUT2D eigenvalue weighted by Crippen LogP contribution is 2.30. The number of rotatable bonds is 7. The second kappa shape index (κ2) is 8.16. The van der Waals surface area contributed by atoms with Crippen LogP contribution in [0.2, 0.25) is 0 Å². The first-order chi connectivity index (χ1) is 12.3. The van der Waals surface area contributed by atoms with Gasteiger partial charge in [0.15, 0.2) is 0 Å². The maximum atomic E-state index is 14.2. The first kappa shape index (κ1) is 19.7. The number of benzene rings is 1. The molecular weight excluding hydrogens is 343 g/mol. The number of nitrogens with zero attached hydrogens (tertiary/aromatic N) is 1. The number of halogens is 1. The van der Waals surface area contributed by atoms with Crippen molar-refractivity contribution in [3.63, 3.8) is 0 Å². The van der Waals surface area contributed by atoms with Crippen LogP contribution in [-0.2, 0) is 14.4 Å². The molecule has 26 heavy (non-hydrogen) atoms. The van der Waals surface area contributed by atoms with Crippen molar-refractivity contribution in [2.75, 3.05) is 19.7 Å². The fourth-order valence-electron chi connectivity index (χ4n) is 3.00. The van der Waals surface area contributed by atoms with Gasteiger partial charge in [0.05, 0.1) is 25.6 Å². The summed E-state index contributed by atoms with van der Waals surface area (Å²) in [4.78, 5) is 36.3. The third-order valence-electron chi connectivity index (χ3n) is 4.31. The zero-order valence-corrected chi connectivity index (χ0v) is 14.8. The number of carboxylic acid groups (broad SMARTS) is 1. The summed E-state index contributed by atoms with van der Waals surface area (Å²) in [5.74, 6) is -1.75. The molecule has 0 aliphatic carbocycles. The van der Waals surface area contributed by atoms with Crippen LogP contribution < -0.4 is 10.1 Å². The Hall–Kier alpha value is -2.64. The SMILES string of the molecule is CCOc1ccccc1C(CC(=O)N1CCC(F)(C(=O)O)C1)NC(C)=O. The molecule has 1 heterocycles. The Labute approximate surface area is 151 Å². The molecular formula is C18H23FN2O5. The molecule has 0 bridgehead atoms. The Morgan fingerprint density at radius 2 is 2.08 bits per heavy atom. The van der Waals surface area contributed by atoms with Crippen molar-refractivity contribution < 1.29 is 28.6 Å². The lowest BCUT2D eigenvalue weighted by atomic mass is 10.0. The minimum atomic E-state index is -2.41. The van der Waals surface area contributed by atoms with E-state index < -0.39 is 30.1 Å². The molecule has 7 nitrogen and oxygen atoms in total. The Kier molecular flexibility index (Phi) is 6.18. The number of hydrogen-bond donors (Lipinski definition) is 2. The average molecular weight is 366 g/mol. The number of nitrogens with one attached hydrogen (secondary N) is 1. The van der Waals surface area contributed by atoms with Gasteiger partial charge in [0.2, 0.25) is 17.5 Å². The number of para-hydroxylation sites is 1. The Balaban J connectivity index is 2.17. The van der Waals surface area contributed by atoms with E-state index in [0.29, 0.717) is 17.9 Å². The van der Waals surface area contributed by atoms with Crippen LogP contribution in [0.4, 0.5) is 4.39 Å². The van der Waals surface area contributed by atoms with Crippen molar-refractivity contribution in [1.29, 1.82) is 0 Å². The van der Waals surface area contributed by atoms with E-state index in [9.17, 15) is 18.8 Å². The highest BCUT2D eigenvalue weighted by Gasteiger charge is 2.47. The lowest BCUT2D eigenvalue weighted by Gasteiger charge is -2.24. The van der Waals surface area contributed by atoms with Gasteiger partial charge in [-0.2, -0.15) is 0 Å². The van der Waals surface area contributed by atoms with E-state index in [1.807, 2.05) is 6.92 Å². The Morgan fingerprint density at radius 3 is 2.65 bits per heavy atom. The molecule has 0 radical (unpaired) electrons. The normalized spacial score (nSPS) is 20.5. The molecule has 1 aliphatic rings. The van der Waals surface area contributed by atoms with Gasteiger partial charge in [0.25, 0.3) is 0 Å². The lowest BCUT2D eigenvalue weighted by molar-refractivity contribution is -0.150. The number of amides is 2. The third-order valence-corrected chi connectivity index (χ3v) is 4.31. The molecule has 2 amide bonds. The summed E-state index contributed by atoms with van der Waals surface area (Å²) in [7, 11) is 0. The number of carbonyl (C=O) groups excluding carboxylic acids is 2. The minimum absolute atomic E-state index is 0.0293. The molecule has 1 aliphatic heterocycles. The van der Waals surface area contributed by atoms with E-state index in [2.05, 4.69) is 5.32 Å². The molecule has 1 fully saturated rings. The molecule has 2 rings (SSSR count). The molecule has 0 aromatic heterocycles. The second-order valence-corrected chi connectivity index (χ2v) is 6.26. The zero-order valence-electron chi connectivity index (χ0n) is 14.8. The predicted octanol–water partition coefficient (Wildman–Crippen LogP) is 1.68. The van der Waals surface area contributed by atoms with Gasteiger partial charge in [0, 0.05) is 25.5 Å². The summed E-state index contributed by atoms with van der Waals surface area (Å²) in [5, 5.41) is 11.7. The van der Waals surface area contributed by atoms with Gasteiger partial charge in [-0.15, -0.1) is 0 Å². The predicted molar refractivity (Wildman–Crippen MR) is 91.5 cm³/mol. The van der Waals surface area contributed by atoms with Gasteiger partial charge in [-0.1, -0.05) is 18.2 Å². The maximum absolute atomic E-state index is 14.2. The van der Waals surface area contributed by atoms with Crippen LogP contribution in [0.15, 0.2) is 24.3 Å². The first-order valence-electron chi connectivity index (χ1n) is 8.45. The molecule has 2 unspecified atom stereocenters. The van der Waals surface area contributed by atoms with Gasteiger partial charge in [0.1, 0.15) is 5.75 Å². The first-order valence-corrected chi connectivity index (χ1v) is 8.45. The van der Waals surface area contributed by atoms with E-state index in [-0.39, 0.29) is 25.3 Å². The van der Waals surface area contributed by atoms with Crippen molar-refractivity contribution in [3.8, 4) is 5.75 Å². The minimum Gasteiger partial charge on any atom is -0.494 e. The summed E-state index contributed by atoms with van der Waals surface area (Å²) in [6.07, 6.45) is -0.353. The second-order valence-electron chi connectivity index (χ2n) is 6.26. The Morgan fingerprint density at radius 1 is 1.38 bits per heavy atom. The molecule has 1 aromatic carbocycles. The number of carboxylic acids is 1. The molecule has 1 saturated heterocycles. The quantitative estimate of drug-likeness (QED) is 0.765. The number of ether oxygens (including phenoxy) is 1. The van der Waals surface area contributed by atoms with Gasteiger partial charge >= 0.3 is 5.97 Å². The van der Waals surface area contributed by atoms with E-state index in [0.717, 1.165) is 0 Å². The summed E-state index contributed by atoms with van der Waals surface area (Å²) < 4.78 is 19.8. The van der Waals surface area contributed by atoms with Gasteiger partial charge < -0.3 is 20.1 Å². The summed E-state index contributed by atoms with van der Waals surface area (Å²) in [5.41, 5.74) is -1.77. The van der Waals surface area contributed by atoms with Crippen LogP contribution in [0.5, 0.6) is 5.75 Å².